The topological polar surface area (TPSA) is 96.0 Å². The van der Waals surface area contributed by atoms with Gasteiger partial charge in [-0.2, -0.15) is 0 Å². The number of carbonyl (C=O) groups is 2. The Labute approximate surface area is 266 Å². The molecule has 0 bridgehead atoms. The van der Waals surface area contributed by atoms with Gasteiger partial charge in [-0.05, 0) is 69.0 Å². The van der Waals surface area contributed by atoms with Crippen LogP contribution in [0.3, 0.4) is 0 Å². The molecule has 4 rings (SSSR count). The van der Waals surface area contributed by atoms with Crippen LogP contribution in [-0.4, -0.2) is 50.9 Å². The molecule has 3 aromatic rings. The number of ether oxygens (including phenoxy) is 1. The molecular formula is C34H42ClN3O5S. The Hall–Kier alpha value is -3.56. The van der Waals surface area contributed by atoms with E-state index < -0.39 is 28.5 Å². The third-order valence-corrected chi connectivity index (χ3v) is 10.2. The number of nitrogens with zero attached hydrogens (tertiary/aromatic N) is 2. The number of sulfonamides is 1. The first-order valence-electron chi connectivity index (χ1n) is 15.1. The highest BCUT2D eigenvalue weighted by atomic mass is 35.5. The van der Waals surface area contributed by atoms with Crippen LogP contribution in [-0.2, 0) is 26.2 Å². The van der Waals surface area contributed by atoms with Crippen molar-refractivity contribution in [3.63, 3.8) is 0 Å². The average molecular weight is 640 g/mol. The summed E-state index contributed by atoms with van der Waals surface area (Å²) in [7, 11) is -2.73. The van der Waals surface area contributed by atoms with Crippen molar-refractivity contribution in [3.8, 4) is 5.75 Å². The Morgan fingerprint density at radius 3 is 2.14 bits per heavy atom. The van der Waals surface area contributed by atoms with E-state index in [-0.39, 0.29) is 34.1 Å². The first-order chi connectivity index (χ1) is 21.0. The molecule has 44 heavy (non-hydrogen) atoms. The lowest BCUT2D eigenvalue weighted by Crippen LogP contribution is -2.54. The van der Waals surface area contributed by atoms with Crippen molar-refractivity contribution in [2.75, 3.05) is 18.0 Å². The number of hydrogen-bond acceptors (Lipinski definition) is 5. The van der Waals surface area contributed by atoms with Crippen LogP contribution >= 0.6 is 11.6 Å². The molecule has 10 heteroatoms. The van der Waals surface area contributed by atoms with Crippen molar-refractivity contribution in [2.45, 2.75) is 82.8 Å². The third kappa shape index (κ3) is 8.12. The van der Waals surface area contributed by atoms with Crippen molar-refractivity contribution in [3.05, 3.63) is 88.4 Å². The smallest absolute Gasteiger partial charge is 0.264 e. The molecule has 1 atom stereocenters. The number of anilines is 1. The van der Waals surface area contributed by atoms with Crippen LogP contribution in [0.25, 0.3) is 0 Å². The van der Waals surface area contributed by atoms with Crippen LogP contribution < -0.4 is 14.4 Å². The summed E-state index contributed by atoms with van der Waals surface area (Å²) < 4.78 is 34.5. The second-order valence-electron chi connectivity index (χ2n) is 11.4. The number of rotatable bonds is 12. The fourth-order valence-corrected chi connectivity index (χ4v) is 7.19. The molecule has 1 aliphatic rings. The van der Waals surface area contributed by atoms with Crippen LogP contribution in [0.4, 0.5) is 5.69 Å². The number of methoxy groups -OCH3 is 1. The number of nitrogens with one attached hydrogen (secondary N) is 1. The summed E-state index contributed by atoms with van der Waals surface area (Å²) >= 11 is 6.42. The SMILES string of the molecule is CC[C@@H](C(=O)NC1CCCCC1)N(Cc1ccc(C)cc1)C(=O)CN(c1ccc(OC)c(Cl)c1)S(=O)(=O)c1ccc(C)cc1. The van der Waals surface area contributed by atoms with Crippen molar-refractivity contribution in [2.24, 2.45) is 0 Å². The predicted octanol–water partition coefficient (Wildman–Crippen LogP) is 6.42. The summed E-state index contributed by atoms with van der Waals surface area (Å²) in [6.07, 6.45) is 5.47. The fraction of sp³-hybridized carbons (Fsp3) is 0.412. The van der Waals surface area contributed by atoms with Crippen molar-refractivity contribution >= 4 is 39.1 Å². The van der Waals surface area contributed by atoms with Gasteiger partial charge in [0.25, 0.3) is 10.0 Å². The van der Waals surface area contributed by atoms with Gasteiger partial charge in [0.05, 0.1) is 22.7 Å². The summed E-state index contributed by atoms with van der Waals surface area (Å²) in [4.78, 5) is 29.5. The Kier molecular flexibility index (Phi) is 11.3. The molecule has 0 heterocycles. The Bertz CT molecular complexity index is 1540. The lowest BCUT2D eigenvalue weighted by molar-refractivity contribution is -0.140. The Morgan fingerprint density at radius 2 is 1.57 bits per heavy atom. The van der Waals surface area contributed by atoms with Gasteiger partial charge in [-0.15, -0.1) is 0 Å². The Morgan fingerprint density at radius 1 is 0.955 bits per heavy atom. The molecule has 0 unspecified atom stereocenters. The summed E-state index contributed by atoms with van der Waals surface area (Å²) in [5, 5.41) is 3.38. The van der Waals surface area contributed by atoms with Gasteiger partial charge >= 0.3 is 0 Å². The van der Waals surface area contributed by atoms with Crippen molar-refractivity contribution < 1.29 is 22.7 Å². The van der Waals surface area contributed by atoms with E-state index in [1.165, 1.54) is 30.2 Å². The molecule has 2 amide bonds. The van der Waals surface area contributed by atoms with Gasteiger partial charge in [0, 0.05) is 12.6 Å². The first-order valence-corrected chi connectivity index (χ1v) is 16.9. The molecule has 0 aromatic heterocycles. The van der Waals surface area contributed by atoms with Crippen molar-refractivity contribution in [1.82, 2.24) is 10.2 Å². The van der Waals surface area contributed by atoms with E-state index >= 15 is 0 Å². The van der Waals surface area contributed by atoms with Gasteiger partial charge in [-0.3, -0.25) is 13.9 Å². The van der Waals surface area contributed by atoms with Gasteiger partial charge in [-0.1, -0.05) is 85.3 Å². The molecule has 0 aliphatic heterocycles. The normalized spacial score (nSPS) is 14.5. The van der Waals surface area contributed by atoms with Crippen LogP contribution in [0.1, 0.15) is 62.1 Å². The van der Waals surface area contributed by atoms with Crippen LogP contribution in [0.2, 0.25) is 5.02 Å². The Balaban J connectivity index is 1.73. The zero-order chi connectivity index (χ0) is 31.9. The summed E-state index contributed by atoms with van der Waals surface area (Å²) in [6.45, 7) is 5.33. The van der Waals surface area contributed by atoms with Crippen LogP contribution in [0, 0.1) is 13.8 Å². The highest BCUT2D eigenvalue weighted by molar-refractivity contribution is 7.92. The summed E-state index contributed by atoms with van der Waals surface area (Å²) in [5.74, 6) is -0.347. The molecule has 8 nitrogen and oxygen atoms in total. The quantitative estimate of drug-likeness (QED) is 0.247. The van der Waals surface area contributed by atoms with E-state index in [1.54, 1.807) is 24.3 Å². The van der Waals surface area contributed by atoms with Gasteiger partial charge in [0.1, 0.15) is 18.3 Å². The molecule has 3 aromatic carbocycles. The standard InChI is InChI=1S/C34H42ClN3O5S/c1-5-31(34(40)36-27-9-7-6-8-10-27)37(22-26-15-11-24(2)12-16-26)33(39)23-38(28-17-20-32(43-4)30(35)21-28)44(41,42)29-18-13-25(3)14-19-29/h11-21,27,31H,5-10,22-23H2,1-4H3,(H,36,40)/t31-/m0/s1. The second-order valence-corrected chi connectivity index (χ2v) is 13.7. The minimum atomic E-state index is -4.20. The lowest BCUT2D eigenvalue weighted by atomic mass is 9.95. The monoisotopic (exact) mass is 639 g/mol. The maximum absolute atomic E-state index is 14.3. The number of carbonyl (C=O) groups excluding carboxylic acids is 2. The van der Waals surface area contributed by atoms with E-state index in [1.807, 2.05) is 45.0 Å². The maximum atomic E-state index is 14.3. The predicted molar refractivity (Wildman–Crippen MR) is 175 cm³/mol. The van der Waals surface area contributed by atoms with Crippen LogP contribution in [0.5, 0.6) is 5.75 Å². The van der Waals surface area contributed by atoms with E-state index in [4.69, 9.17) is 16.3 Å². The zero-order valence-corrected chi connectivity index (χ0v) is 27.5. The fourth-order valence-electron chi connectivity index (χ4n) is 5.53. The molecule has 0 saturated heterocycles. The van der Waals surface area contributed by atoms with E-state index in [9.17, 15) is 18.0 Å². The number of hydrogen-bond donors (Lipinski definition) is 1. The van der Waals surface area contributed by atoms with Gasteiger partial charge in [0.15, 0.2) is 0 Å². The van der Waals surface area contributed by atoms with Crippen molar-refractivity contribution in [1.29, 1.82) is 0 Å². The first kappa shape index (κ1) is 33.3. The number of benzene rings is 3. The van der Waals surface area contributed by atoms with E-state index in [0.717, 1.165) is 53.1 Å². The van der Waals surface area contributed by atoms with Gasteiger partial charge in [0.2, 0.25) is 11.8 Å². The largest absolute Gasteiger partial charge is 0.495 e. The summed E-state index contributed by atoms with van der Waals surface area (Å²) in [6, 6.07) is 18.1. The molecule has 1 fully saturated rings. The molecule has 1 N–H and O–H groups in total. The number of halogens is 1. The number of amides is 2. The zero-order valence-electron chi connectivity index (χ0n) is 25.9. The molecule has 1 aliphatic carbocycles. The molecule has 0 radical (unpaired) electrons. The number of aryl methyl sites for hydroxylation is 2. The van der Waals surface area contributed by atoms with Crippen LogP contribution in [0.15, 0.2) is 71.6 Å². The maximum Gasteiger partial charge on any atom is 0.264 e. The van der Waals surface area contributed by atoms with Gasteiger partial charge in [-0.25, -0.2) is 8.42 Å². The average Bonchev–Trinajstić information content (AvgIpc) is 3.01. The molecule has 0 spiro atoms. The highest BCUT2D eigenvalue weighted by Crippen LogP contribution is 2.32. The van der Waals surface area contributed by atoms with E-state index in [0.29, 0.717) is 12.2 Å². The summed E-state index contributed by atoms with van der Waals surface area (Å²) in [5.41, 5.74) is 3.02. The molecular weight excluding hydrogens is 598 g/mol. The van der Waals surface area contributed by atoms with E-state index in [2.05, 4.69) is 5.32 Å². The minimum absolute atomic E-state index is 0.0370. The third-order valence-electron chi connectivity index (χ3n) is 8.12. The minimum Gasteiger partial charge on any atom is -0.495 e. The lowest BCUT2D eigenvalue weighted by Gasteiger charge is -2.34. The van der Waals surface area contributed by atoms with Gasteiger partial charge < -0.3 is 15.0 Å². The highest BCUT2D eigenvalue weighted by Gasteiger charge is 2.34. The second kappa shape index (κ2) is 14.9. The molecule has 236 valence electrons. The molecule has 1 saturated carbocycles.